The van der Waals surface area contributed by atoms with Gasteiger partial charge in [-0.3, -0.25) is 0 Å². The fourth-order valence-electron chi connectivity index (χ4n) is 1.84. The highest BCUT2D eigenvalue weighted by Crippen LogP contribution is 2.16. The van der Waals surface area contributed by atoms with Crippen molar-refractivity contribution in [3.05, 3.63) is 29.8 Å². The zero-order chi connectivity index (χ0) is 13.4. The van der Waals surface area contributed by atoms with Crippen molar-refractivity contribution in [3.63, 3.8) is 0 Å². The Morgan fingerprint density at radius 2 is 2.06 bits per heavy atom. The van der Waals surface area contributed by atoms with Crippen molar-refractivity contribution in [2.75, 3.05) is 20.2 Å². The van der Waals surface area contributed by atoms with E-state index in [1.165, 1.54) is 5.56 Å². The number of nitrogens with one attached hydrogen (secondary N) is 1. The quantitative estimate of drug-likeness (QED) is 0.567. The first kappa shape index (κ1) is 14.6. The Kier molecular flexibility index (Phi) is 5.70. The van der Waals surface area contributed by atoms with E-state index in [-0.39, 0.29) is 5.54 Å². The van der Waals surface area contributed by atoms with Crippen molar-refractivity contribution in [1.29, 1.82) is 0 Å². The van der Waals surface area contributed by atoms with E-state index in [1.54, 1.807) is 7.11 Å². The van der Waals surface area contributed by atoms with Crippen molar-refractivity contribution in [1.82, 2.24) is 5.32 Å². The Labute approximate surface area is 110 Å². The Balaban J connectivity index is 2.63. The molecule has 1 aromatic carbocycles. The third kappa shape index (κ3) is 4.40. The molecule has 1 rings (SSSR count). The molecular formula is C15H22N2O. The molecule has 0 amide bonds. The second kappa shape index (κ2) is 7.05. The van der Waals surface area contributed by atoms with Gasteiger partial charge in [-0.05, 0) is 31.0 Å². The summed E-state index contributed by atoms with van der Waals surface area (Å²) in [6.07, 6.45) is 6.84. The number of hydrogen-bond acceptors (Lipinski definition) is 3. The summed E-state index contributed by atoms with van der Waals surface area (Å²) in [4.78, 5) is 0. The molecule has 0 saturated carbocycles. The predicted molar refractivity (Wildman–Crippen MR) is 75.6 cm³/mol. The van der Waals surface area contributed by atoms with Gasteiger partial charge in [-0.1, -0.05) is 12.1 Å². The topological polar surface area (TPSA) is 47.3 Å². The van der Waals surface area contributed by atoms with E-state index < -0.39 is 0 Å². The van der Waals surface area contributed by atoms with Crippen molar-refractivity contribution in [2.45, 2.75) is 25.3 Å². The molecule has 3 nitrogen and oxygen atoms in total. The molecule has 1 aromatic rings. The maximum absolute atomic E-state index is 5.85. The van der Waals surface area contributed by atoms with Gasteiger partial charge in [0.1, 0.15) is 5.75 Å². The summed E-state index contributed by atoms with van der Waals surface area (Å²) in [5.41, 5.74) is 6.97. The van der Waals surface area contributed by atoms with Gasteiger partial charge < -0.3 is 15.8 Å². The van der Waals surface area contributed by atoms with E-state index in [2.05, 4.69) is 30.3 Å². The van der Waals surface area contributed by atoms with Crippen LogP contribution in [0.15, 0.2) is 24.3 Å². The molecule has 0 heterocycles. The summed E-state index contributed by atoms with van der Waals surface area (Å²) in [6, 6.07) is 8.06. The third-order valence-electron chi connectivity index (χ3n) is 3.02. The van der Waals surface area contributed by atoms with Gasteiger partial charge in [0.15, 0.2) is 0 Å². The highest BCUT2D eigenvalue weighted by Gasteiger charge is 2.21. The van der Waals surface area contributed by atoms with Gasteiger partial charge in [-0.15, -0.1) is 12.3 Å². The molecule has 3 N–H and O–H groups in total. The minimum Gasteiger partial charge on any atom is -0.497 e. The average Bonchev–Trinajstić information content (AvgIpc) is 2.40. The van der Waals surface area contributed by atoms with E-state index in [0.717, 1.165) is 25.1 Å². The van der Waals surface area contributed by atoms with Crippen LogP contribution in [0.4, 0.5) is 0 Å². The van der Waals surface area contributed by atoms with Crippen molar-refractivity contribution < 1.29 is 4.74 Å². The molecule has 0 aromatic heterocycles. The molecule has 0 aliphatic heterocycles. The summed E-state index contributed by atoms with van der Waals surface area (Å²) in [5.74, 6) is 3.49. The molecule has 0 radical (unpaired) electrons. The van der Waals surface area contributed by atoms with Gasteiger partial charge >= 0.3 is 0 Å². The Morgan fingerprint density at radius 1 is 1.39 bits per heavy atom. The SMILES string of the molecule is C#CCCNC(C)(CN)Cc1ccc(OC)cc1. The van der Waals surface area contributed by atoms with Gasteiger partial charge in [0.25, 0.3) is 0 Å². The normalized spacial score (nSPS) is 13.7. The lowest BCUT2D eigenvalue weighted by Crippen LogP contribution is -2.50. The second-order valence-electron chi connectivity index (χ2n) is 4.67. The maximum Gasteiger partial charge on any atom is 0.118 e. The van der Waals surface area contributed by atoms with E-state index in [9.17, 15) is 0 Å². The standard InChI is InChI=1S/C15H22N2O/c1-4-5-10-17-15(2,12-16)11-13-6-8-14(18-3)9-7-13/h1,6-9,17H,5,10-12,16H2,2-3H3. The lowest BCUT2D eigenvalue weighted by atomic mass is 9.92. The van der Waals surface area contributed by atoms with Gasteiger partial charge in [0, 0.05) is 25.0 Å². The van der Waals surface area contributed by atoms with Crippen LogP contribution in [0.3, 0.4) is 0 Å². The Bertz CT molecular complexity index is 394. The fourth-order valence-corrected chi connectivity index (χ4v) is 1.84. The molecule has 98 valence electrons. The molecule has 0 bridgehead atoms. The van der Waals surface area contributed by atoms with Gasteiger partial charge in [-0.25, -0.2) is 0 Å². The third-order valence-corrected chi connectivity index (χ3v) is 3.02. The first-order valence-corrected chi connectivity index (χ1v) is 6.15. The fraction of sp³-hybridized carbons (Fsp3) is 0.467. The zero-order valence-electron chi connectivity index (χ0n) is 11.2. The summed E-state index contributed by atoms with van der Waals surface area (Å²) >= 11 is 0. The molecule has 1 atom stereocenters. The monoisotopic (exact) mass is 246 g/mol. The number of benzene rings is 1. The van der Waals surface area contributed by atoms with E-state index in [0.29, 0.717) is 6.54 Å². The number of hydrogen-bond donors (Lipinski definition) is 2. The smallest absolute Gasteiger partial charge is 0.118 e. The number of ether oxygens (including phenoxy) is 1. The van der Waals surface area contributed by atoms with E-state index in [4.69, 9.17) is 16.9 Å². The summed E-state index contributed by atoms with van der Waals surface area (Å²) < 4.78 is 5.14. The molecule has 0 fully saturated rings. The number of terminal acetylenes is 1. The lowest BCUT2D eigenvalue weighted by Gasteiger charge is -2.29. The van der Waals surface area contributed by atoms with Crippen LogP contribution in [-0.4, -0.2) is 25.7 Å². The summed E-state index contributed by atoms with van der Waals surface area (Å²) in [7, 11) is 1.67. The molecule has 3 heteroatoms. The van der Waals surface area contributed by atoms with Crippen molar-refractivity contribution in [3.8, 4) is 18.1 Å². The molecule has 0 aliphatic carbocycles. The van der Waals surface area contributed by atoms with Crippen LogP contribution in [0.5, 0.6) is 5.75 Å². The van der Waals surface area contributed by atoms with Crippen LogP contribution in [0.25, 0.3) is 0 Å². The molecule has 1 unspecified atom stereocenters. The van der Waals surface area contributed by atoms with Crippen LogP contribution in [-0.2, 0) is 6.42 Å². The highest BCUT2D eigenvalue weighted by molar-refractivity contribution is 5.28. The van der Waals surface area contributed by atoms with Crippen LogP contribution in [0.2, 0.25) is 0 Å². The van der Waals surface area contributed by atoms with Crippen LogP contribution < -0.4 is 15.8 Å². The summed E-state index contributed by atoms with van der Waals surface area (Å²) in [5, 5.41) is 3.43. The molecule has 0 aliphatic rings. The van der Waals surface area contributed by atoms with E-state index >= 15 is 0 Å². The van der Waals surface area contributed by atoms with Crippen LogP contribution in [0.1, 0.15) is 18.9 Å². The van der Waals surface area contributed by atoms with E-state index in [1.807, 2.05) is 12.1 Å². The highest BCUT2D eigenvalue weighted by atomic mass is 16.5. The number of methoxy groups -OCH3 is 1. The molecular weight excluding hydrogens is 224 g/mol. The van der Waals surface area contributed by atoms with Crippen molar-refractivity contribution in [2.24, 2.45) is 5.73 Å². The largest absolute Gasteiger partial charge is 0.497 e. The molecule has 0 spiro atoms. The Morgan fingerprint density at radius 3 is 2.56 bits per heavy atom. The van der Waals surface area contributed by atoms with Gasteiger partial charge in [0.05, 0.1) is 7.11 Å². The summed E-state index contributed by atoms with van der Waals surface area (Å²) in [6.45, 7) is 3.48. The predicted octanol–water partition coefficient (Wildman–Crippen LogP) is 1.57. The second-order valence-corrected chi connectivity index (χ2v) is 4.67. The lowest BCUT2D eigenvalue weighted by molar-refractivity contribution is 0.365. The first-order valence-electron chi connectivity index (χ1n) is 6.15. The number of rotatable bonds is 7. The van der Waals surface area contributed by atoms with Crippen LogP contribution >= 0.6 is 0 Å². The zero-order valence-corrected chi connectivity index (χ0v) is 11.2. The molecule has 0 saturated heterocycles. The first-order chi connectivity index (χ1) is 8.63. The van der Waals surface area contributed by atoms with Crippen LogP contribution in [0, 0.1) is 12.3 Å². The van der Waals surface area contributed by atoms with Gasteiger partial charge in [-0.2, -0.15) is 0 Å². The maximum atomic E-state index is 5.85. The Hall–Kier alpha value is -1.50. The minimum absolute atomic E-state index is 0.120. The number of nitrogens with two attached hydrogens (primary N) is 1. The molecule has 18 heavy (non-hydrogen) atoms. The van der Waals surface area contributed by atoms with Crippen molar-refractivity contribution >= 4 is 0 Å². The minimum atomic E-state index is -0.120. The average molecular weight is 246 g/mol. The van der Waals surface area contributed by atoms with Gasteiger partial charge in [0.2, 0.25) is 0 Å².